The molecule has 140 valence electrons. The van der Waals surface area contributed by atoms with E-state index < -0.39 is 0 Å². The lowest BCUT2D eigenvalue weighted by Crippen LogP contribution is -2.38. The van der Waals surface area contributed by atoms with Crippen LogP contribution in [0.15, 0.2) is 22.9 Å². The predicted octanol–water partition coefficient (Wildman–Crippen LogP) is 2.82. The zero-order valence-electron chi connectivity index (χ0n) is 15.3. The van der Waals surface area contributed by atoms with E-state index in [2.05, 4.69) is 22.4 Å². The van der Waals surface area contributed by atoms with E-state index in [4.69, 9.17) is 14.0 Å². The van der Waals surface area contributed by atoms with E-state index in [9.17, 15) is 4.79 Å². The molecule has 3 rings (SSSR count). The molecule has 2 aromatic heterocycles. The molecule has 7 heteroatoms. The number of aryl methyl sites for hydroxylation is 2. The molecule has 0 aromatic carbocycles. The molecule has 7 nitrogen and oxygen atoms in total. The van der Waals surface area contributed by atoms with Gasteiger partial charge in [0.05, 0.1) is 16.8 Å². The summed E-state index contributed by atoms with van der Waals surface area (Å²) in [7, 11) is 0. The topological polar surface area (TPSA) is 86.5 Å². The van der Waals surface area contributed by atoms with E-state index in [1.165, 1.54) is 6.20 Å². The Hall–Kier alpha value is -2.41. The van der Waals surface area contributed by atoms with Crippen LogP contribution in [0.2, 0.25) is 0 Å². The molecular formula is C19H25N3O4. The van der Waals surface area contributed by atoms with Crippen molar-refractivity contribution >= 4 is 5.91 Å². The highest BCUT2D eigenvalue weighted by atomic mass is 16.5. The summed E-state index contributed by atoms with van der Waals surface area (Å²) in [6.45, 7) is 5.71. The Balaban J connectivity index is 1.56. The second-order valence-electron chi connectivity index (χ2n) is 6.45. The van der Waals surface area contributed by atoms with Crippen molar-refractivity contribution in [1.82, 2.24) is 15.5 Å². The third kappa shape index (κ3) is 4.60. The van der Waals surface area contributed by atoms with E-state index in [0.29, 0.717) is 31.3 Å². The van der Waals surface area contributed by atoms with Crippen LogP contribution < -0.4 is 10.1 Å². The molecule has 0 unspecified atom stereocenters. The number of aromatic nitrogens is 2. The van der Waals surface area contributed by atoms with Crippen LogP contribution in [0.3, 0.4) is 0 Å². The van der Waals surface area contributed by atoms with Gasteiger partial charge < -0.3 is 19.3 Å². The van der Waals surface area contributed by atoms with Crippen molar-refractivity contribution in [2.45, 2.75) is 52.2 Å². The normalized spacial score (nSPS) is 15.0. The van der Waals surface area contributed by atoms with Gasteiger partial charge in [-0.05, 0) is 32.3 Å². The first kappa shape index (κ1) is 18.4. The van der Waals surface area contributed by atoms with E-state index in [1.54, 1.807) is 12.1 Å². The lowest BCUT2D eigenvalue weighted by molar-refractivity contribution is 0.0696. The Labute approximate surface area is 153 Å². The minimum absolute atomic E-state index is 0.115. The van der Waals surface area contributed by atoms with Gasteiger partial charge in [0.25, 0.3) is 5.91 Å². The summed E-state index contributed by atoms with van der Waals surface area (Å²) in [4.78, 5) is 16.5. The highest BCUT2D eigenvalue weighted by Gasteiger charge is 2.17. The van der Waals surface area contributed by atoms with Crippen LogP contribution >= 0.6 is 0 Å². The summed E-state index contributed by atoms with van der Waals surface area (Å²) in [6, 6.07) is 3.60. The van der Waals surface area contributed by atoms with Crippen LogP contribution in [0, 0.1) is 6.92 Å². The van der Waals surface area contributed by atoms with Gasteiger partial charge >= 0.3 is 0 Å². The zero-order valence-corrected chi connectivity index (χ0v) is 15.3. The smallest absolute Gasteiger partial charge is 0.253 e. The Morgan fingerprint density at radius 1 is 1.35 bits per heavy atom. The summed E-state index contributed by atoms with van der Waals surface area (Å²) in [6.07, 6.45) is 5.08. The molecule has 1 aliphatic rings. The summed E-state index contributed by atoms with van der Waals surface area (Å²) >= 11 is 0. The third-order valence-corrected chi connectivity index (χ3v) is 4.47. The Bertz CT molecular complexity index is 721. The molecule has 0 atom stereocenters. The fourth-order valence-electron chi connectivity index (χ4n) is 2.91. The molecule has 0 bridgehead atoms. The van der Waals surface area contributed by atoms with Crippen molar-refractivity contribution < 1.29 is 18.8 Å². The van der Waals surface area contributed by atoms with Gasteiger partial charge in [-0.1, -0.05) is 18.5 Å². The molecule has 1 fully saturated rings. The number of rotatable bonds is 7. The van der Waals surface area contributed by atoms with Gasteiger partial charge in [0.1, 0.15) is 12.4 Å². The third-order valence-electron chi connectivity index (χ3n) is 4.47. The number of amides is 1. The number of hydrogen-bond donors (Lipinski definition) is 1. The maximum absolute atomic E-state index is 12.3. The van der Waals surface area contributed by atoms with Crippen LogP contribution in [-0.4, -0.2) is 35.3 Å². The van der Waals surface area contributed by atoms with Crippen LogP contribution in [0.25, 0.3) is 0 Å². The molecule has 0 spiro atoms. The average molecular weight is 359 g/mol. The summed E-state index contributed by atoms with van der Waals surface area (Å²) in [5.41, 5.74) is 2.42. The van der Waals surface area contributed by atoms with Gasteiger partial charge in [-0.25, -0.2) is 4.98 Å². The molecule has 3 heterocycles. The Morgan fingerprint density at radius 3 is 2.85 bits per heavy atom. The number of ether oxygens (including phenoxy) is 2. The van der Waals surface area contributed by atoms with Gasteiger partial charge in [0, 0.05) is 31.5 Å². The maximum Gasteiger partial charge on any atom is 0.253 e. The maximum atomic E-state index is 12.3. The van der Waals surface area contributed by atoms with Gasteiger partial charge in [-0.2, -0.15) is 0 Å². The number of carbonyl (C=O) groups excluding carboxylic acids is 1. The molecule has 1 amide bonds. The van der Waals surface area contributed by atoms with Crippen molar-refractivity contribution in [3.8, 4) is 5.88 Å². The lowest BCUT2D eigenvalue weighted by Gasteiger charge is -2.23. The van der Waals surface area contributed by atoms with Crippen molar-refractivity contribution in [2.75, 3.05) is 13.2 Å². The van der Waals surface area contributed by atoms with Crippen molar-refractivity contribution in [1.29, 1.82) is 0 Å². The first-order chi connectivity index (χ1) is 12.7. The summed E-state index contributed by atoms with van der Waals surface area (Å²) in [5.74, 6) is 1.12. The van der Waals surface area contributed by atoms with Crippen molar-refractivity contribution in [2.24, 2.45) is 0 Å². The average Bonchev–Trinajstić information content (AvgIpc) is 3.01. The van der Waals surface area contributed by atoms with Gasteiger partial charge in [-0.3, -0.25) is 4.79 Å². The van der Waals surface area contributed by atoms with Gasteiger partial charge in [0.2, 0.25) is 5.88 Å². The standard InChI is InChI=1S/C19H25N3O4/c1-3-4-17-16(13(2)26-22-17)12-25-18-6-5-14(11-20-18)19(23)21-15-7-9-24-10-8-15/h5-6,11,15H,3-4,7-10,12H2,1-2H3,(H,21,23). The summed E-state index contributed by atoms with van der Waals surface area (Å²) in [5, 5.41) is 7.09. The fourth-order valence-corrected chi connectivity index (χ4v) is 2.91. The number of pyridine rings is 1. The van der Waals surface area contributed by atoms with E-state index in [1.807, 2.05) is 6.92 Å². The van der Waals surface area contributed by atoms with E-state index in [-0.39, 0.29) is 11.9 Å². The highest BCUT2D eigenvalue weighted by molar-refractivity contribution is 5.94. The highest BCUT2D eigenvalue weighted by Crippen LogP contribution is 2.18. The van der Waals surface area contributed by atoms with E-state index >= 15 is 0 Å². The zero-order chi connectivity index (χ0) is 18.4. The molecule has 26 heavy (non-hydrogen) atoms. The molecule has 0 radical (unpaired) electrons. The quantitative estimate of drug-likeness (QED) is 0.818. The second-order valence-corrected chi connectivity index (χ2v) is 6.45. The minimum Gasteiger partial charge on any atom is -0.473 e. The van der Waals surface area contributed by atoms with Gasteiger partial charge in [-0.15, -0.1) is 0 Å². The van der Waals surface area contributed by atoms with Crippen molar-refractivity contribution in [3.63, 3.8) is 0 Å². The molecule has 0 aliphatic carbocycles. The summed E-state index contributed by atoms with van der Waals surface area (Å²) < 4.78 is 16.3. The molecule has 1 aliphatic heterocycles. The van der Waals surface area contributed by atoms with Gasteiger partial charge in [0.15, 0.2) is 0 Å². The minimum atomic E-state index is -0.115. The number of carbonyl (C=O) groups is 1. The first-order valence-corrected chi connectivity index (χ1v) is 9.09. The molecule has 1 saturated heterocycles. The Kier molecular flexibility index (Phi) is 6.22. The number of nitrogens with zero attached hydrogens (tertiary/aromatic N) is 2. The first-order valence-electron chi connectivity index (χ1n) is 9.09. The molecule has 1 N–H and O–H groups in total. The SMILES string of the molecule is CCCc1noc(C)c1COc1ccc(C(=O)NC2CCOCC2)cn1. The molecular weight excluding hydrogens is 334 g/mol. The van der Waals surface area contributed by atoms with Crippen LogP contribution in [0.5, 0.6) is 5.88 Å². The molecule has 2 aromatic rings. The predicted molar refractivity (Wildman–Crippen MR) is 95.1 cm³/mol. The molecule has 0 saturated carbocycles. The number of hydrogen-bond acceptors (Lipinski definition) is 6. The number of nitrogens with one attached hydrogen (secondary N) is 1. The largest absolute Gasteiger partial charge is 0.473 e. The van der Waals surface area contributed by atoms with E-state index in [0.717, 1.165) is 42.7 Å². The van der Waals surface area contributed by atoms with Crippen LogP contribution in [0.1, 0.15) is 53.6 Å². The lowest BCUT2D eigenvalue weighted by atomic mass is 10.1. The van der Waals surface area contributed by atoms with Crippen LogP contribution in [0.4, 0.5) is 0 Å². The Morgan fingerprint density at radius 2 is 2.15 bits per heavy atom. The fraction of sp³-hybridized carbons (Fsp3) is 0.526. The van der Waals surface area contributed by atoms with Crippen molar-refractivity contribution in [3.05, 3.63) is 40.9 Å². The van der Waals surface area contributed by atoms with Crippen LogP contribution in [-0.2, 0) is 17.8 Å². The monoisotopic (exact) mass is 359 g/mol. The second kappa shape index (κ2) is 8.80.